The van der Waals surface area contributed by atoms with Crippen LogP contribution in [0.5, 0.6) is 0 Å². The highest BCUT2D eigenvalue weighted by Crippen LogP contribution is 2.25. The average molecular weight is 288 g/mol. The van der Waals surface area contributed by atoms with Gasteiger partial charge in [0.05, 0.1) is 0 Å². The molecule has 0 spiro atoms. The minimum Gasteiger partial charge on any atom is -0.310 e. The number of nitrogens with one attached hydrogen (secondary N) is 1. The van der Waals surface area contributed by atoms with Crippen molar-refractivity contribution in [1.82, 2.24) is 5.32 Å². The van der Waals surface area contributed by atoms with Crippen LogP contribution in [0, 0.1) is 6.92 Å². The highest BCUT2D eigenvalue weighted by Gasteiger charge is 2.14. The Hall–Kier alpha value is -1.31. The molecule has 0 aliphatic carbocycles. The fraction of sp³-hybridized carbons (Fsp3) is 0.333. The molecule has 0 bridgehead atoms. The minimum absolute atomic E-state index is 0.269. The van der Waals surface area contributed by atoms with Crippen LogP contribution in [-0.4, -0.2) is 6.54 Å². The van der Waals surface area contributed by atoms with Crippen LogP contribution in [0.15, 0.2) is 48.5 Å². The van der Waals surface area contributed by atoms with Crippen molar-refractivity contribution in [2.24, 2.45) is 0 Å². The van der Waals surface area contributed by atoms with Crippen LogP contribution in [0.2, 0.25) is 5.02 Å². The fourth-order valence-electron chi connectivity index (χ4n) is 2.44. The largest absolute Gasteiger partial charge is 0.310 e. The molecule has 2 aromatic carbocycles. The van der Waals surface area contributed by atoms with E-state index in [0.717, 1.165) is 24.4 Å². The third-order valence-corrected chi connectivity index (χ3v) is 3.79. The van der Waals surface area contributed by atoms with Crippen molar-refractivity contribution < 1.29 is 0 Å². The molecule has 0 aromatic heterocycles. The summed E-state index contributed by atoms with van der Waals surface area (Å²) in [6.45, 7) is 5.32. The molecule has 0 saturated heterocycles. The maximum Gasteiger partial charge on any atom is 0.0453 e. The standard InChI is InChI=1S/C18H22ClN/c1-3-11-20-18(16-9-4-5-10-17(16)19)13-15-8-6-7-14(2)12-15/h4-10,12,18,20H,3,11,13H2,1-2H3. The first kappa shape index (κ1) is 15.1. The smallest absolute Gasteiger partial charge is 0.0453 e. The molecule has 0 aliphatic rings. The van der Waals surface area contributed by atoms with E-state index in [4.69, 9.17) is 11.6 Å². The molecule has 0 heterocycles. The summed E-state index contributed by atoms with van der Waals surface area (Å²) in [5.41, 5.74) is 3.83. The maximum atomic E-state index is 6.36. The molecule has 0 amide bonds. The zero-order chi connectivity index (χ0) is 14.4. The Balaban J connectivity index is 2.22. The summed E-state index contributed by atoms with van der Waals surface area (Å²) >= 11 is 6.36. The topological polar surface area (TPSA) is 12.0 Å². The second-order valence-corrected chi connectivity index (χ2v) is 5.63. The molecule has 2 aromatic rings. The molecule has 0 aliphatic heterocycles. The summed E-state index contributed by atoms with van der Waals surface area (Å²) in [5.74, 6) is 0. The van der Waals surface area contributed by atoms with E-state index in [9.17, 15) is 0 Å². The molecular formula is C18H22ClN. The Morgan fingerprint density at radius 2 is 1.90 bits per heavy atom. The fourth-order valence-corrected chi connectivity index (χ4v) is 2.71. The summed E-state index contributed by atoms with van der Waals surface area (Å²) in [7, 11) is 0. The predicted octanol–water partition coefficient (Wildman–Crippen LogP) is 4.93. The number of hydrogen-bond donors (Lipinski definition) is 1. The van der Waals surface area contributed by atoms with Gasteiger partial charge in [0.2, 0.25) is 0 Å². The Bertz CT molecular complexity index is 551. The second-order valence-electron chi connectivity index (χ2n) is 5.22. The van der Waals surface area contributed by atoms with Gasteiger partial charge in [-0.3, -0.25) is 0 Å². The van der Waals surface area contributed by atoms with Gasteiger partial charge in [0, 0.05) is 11.1 Å². The number of benzene rings is 2. The molecule has 1 nitrogen and oxygen atoms in total. The first-order chi connectivity index (χ1) is 9.70. The first-order valence-corrected chi connectivity index (χ1v) is 7.62. The molecule has 1 unspecified atom stereocenters. The van der Waals surface area contributed by atoms with Gasteiger partial charge in [-0.1, -0.05) is 66.6 Å². The lowest BCUT2D eigenvalue weighted by Gasteiger charge is -2.20. The zero-order valence-electron chi connectivity index (χ0n) is 12.2. The summed E-state index contributed by atoms with van der Waals surface area (Å²) in [6, 6.07) is 17.1. The van der Waals surface area contributed by atoms with E-state index in [1.807, 2.05) is 12.1 Å². The van der Waals surface area contributed by atoms with Crippen molar-refractivity contribution in [1.29, 1.82) is 0 Å². The summed E-state index contributed by atoms with van der Waals surface area (Å²) < 4.78 is 0. The number of halogens is 1. The Labute approximate surface area is 127 Å². The Morgan fingerprint density at radius 3 is 2.60 bits per heavy atom. The Morgan fingerprint density at radius 1 is 1.10 bits per heavy atom. The van der Waals surface area contributed by atoms with E-state index in [2.05, 4.69) is 55.6 Å². The highest BCUT2D eigenvalue weighted by molar-refractivity contribution is 6.31. The maximum absolute atomic E-state index is 6.36. The quantitative estimate of drug-likeness (QED) is 0.794. The van der Waals surface area contributed by atoms with Gasteiger partial charge in [-0.15, -0.1) is 0 Å². The van der Waals surface area contributed by atoms with Gasteiger partial charge < -0.3 is 5.32 Å². The van der Waals surface area contributed by atoms with Crippen LogP contribution in [0.1, 0.15) is 36.1 Å². The number of aryl methyl sites for hydroxylation is 1. The van der Waals surface area contributed by atoms with Crippen molar-refractivity contribution in [3.63, 3.8) is 0 Å². The van der Waals surface area contributed by atoms with E-state index in [-0.39, 0.29) is 6.04 Å². The first-order valence-electron chi connectivity index (χ1n) is 7.24. The molecule has 1 atom stereocenters. The van der Waals surface area contributed by atoms with Crippen molar-refractivity contribution in [2.45, 2.75) is 32.7 Å². The average Bonchev–Trinajstić information content (AvgIpc) is 2.44. The van der Waals surface area contributed by atoms with Crippen LogP contribution >= 0.6 is 11.6 Å². The number of rotatable bonds is 6. The highest BCUT2D eigenvalue weighted by atomic mass is 35.5. The minimum atomic E-state index is 0.269. The van der Waals surface area contributed by atoms with E-state index in [1.165, 1.54) is 16.7 Å². The molecule has 0 fully saturated rings. The molecule has 0 saturated carbocycles. The van der Waals surface area contributed by atoms with E-state index in [0.29, 0.717) is 0 Å². The van der Waals surface area contributed by atoms with E-state index in [1.54, 1.807) is 0 Å². The third kappa shape index (κ3) is 4.09. The van der Waals surface area contributed by atoms with Crippen molar-refractivity contribution in [2.75, 3.05) is 6.54 Å². The third-order valence-electron chi connectivity index (χ3n) is 3.44. The predicted molar refractivity (Wildman–Crippen MR) is 87.4 cm³/mol. The zero-order valence-corrected chi connectivity index (χ0v) is 13.0. The van der Waals surface area contributed by atoms with Crippen molar-refractivity contribution in [3.8, 4) is 0 Å². The van der Waals surface area contributed by atoms with Crippen LogP contribution in [0.4, 0.5) is 0 Å². The normalized spacial score (nSPS) is 12.3. The molecule has 106 valence electrons. The van der Waals surface area contributed by atoms with Gasteiger partial charge in [0.25, 0.3) is 0 Å². The SMILES string of the molecule is CCCNC(Cc1cccc(C)c1)c1ccccc1Cl. The van der Waals surface area contributed by atoms with Gasteiger partial charge >= 0.3 is 0 Å². The lowest BCUT2D eigenvalue weighted by Crippen LogP contribution is -2.24. The van der Waals surface area contributed by atoms with Crippen molar-refractivity contribution in [3.05, 3.63) is 70.2 Å². The molecular weight excluding hydrogens is 266 g/mol. The van der Waals surface area contributed by atoms with E-state index >= 15 is 0 Å². The number of hydrogen-bond acceptors (Lipinski definition) is 1. The molecule has 0 radical (unpaired) electrons. The molecule has 2 heteroatoms. The monoisotopic (exact) mass is 287 g/mol. The molecule has 2 rings (SSSR count). The molecule has 1 N–H and O–H groups in total. The molecule has 20 heavy (non-hydrogen) atoms. The summed E-state index contributed by atoms with van der Waals surface area (Å²) in [6.07, 6.45) is 2.08. The summed E-state index contributed by atoms with van der Waals surface area (Å²) in [5, 5.41) is 4.45. The second kappa shape index (κ2) is 7.47. The lowest BCUT2D eigenvalue weighted by atomic mass is 9.97. The lowest BCUT2D eigenvalue weighted by molar-refractivity contribution is 0.529. The summed E-state index contributed by atoms with van der Waals surface area (Å²) in [4.78, 5) is 0. The van der Waals surface area contributed by atoms with Gasteiger partial charge in [-0.05, 0) is 43.5 Å². The van der Waals surface area contributed by atoms with Crippen LogP contribution in [0.3, 0.4) is 0 Å². The van der Waals surface area contributed by atoms with Gasteiger partial charge in [-0.25, -0.2) is 0 Å². The van der Waals surface area contributed by atoms with Gasteiger partial charge in [0.1, 0.15) is 0 Å². The van der Waals surface area contributed by atoms with Crippen LogP contribution < -0.4 is 5.32 Å². The van der Waals surface area contributed by atoms with Gasteiger partial charge in [0.15, 0.2) is 0 Å². The van der Waals surface area contributed by atoms with E-state index < -0.39 is 0 Å². The van der Waals surface area contributed by atoms with Gasteiger partial charge in [-0.2, -0.15) is 0 Å². The van der Waals surface area contributed by atoms with Crippen LogP contribution in [0.25, 0.3) is 0 Å². The van der Waals surface area contributed by atoms with Crippen molar-refractivity contribution >= 4 is 11.6 Å². The van der Waals surface area contributed by atoms with Crippen LogP contribution in [-0.2, 0) is 6.42 Å². The Kier molecular flexibility index (Phi) is 5.63.